The first-order valence-corrected chi connectivity index (χ1v) is 8.44. The van der Waals surface area contributed by atoms with Crippen LogP contribution in [0.25, 0.3) is 11.2 Å². The topological polar surface area (TPSA) is 77.4 Å². The smallest absolute Gasteiger partial charge is 0.294 e. The van der Waals surface area contributed by atoms with Gasteiger partial charge in [0.05, 0.1) is 18.3 Å². The van der Waals surface area contributed by atoms with Gasteiger partial charge < -0.3 is 0 Å². The molecule has 0 fully saturated rings. The van der Waals surface area contributed by atoms with Crippen LogP contribution in [0.5, 0.6) is 0 Å². The molecule has 26 heavy (non-hydrogen) atoms. The zero-order valence-electron chi connectivity index (χ0n) is 15.2. The van der Waals surface area contributed by atoms with Crippen molar-refractivity contribution in [3.8, 4) is 0 Å². The first kappa shape index (κ1) is 16.3. The highest BCUT2D eigenvalue weighted by Crippen LogP contribution is 2.28. The number of aromatic nitrogens is 4. The van der Waals surface area contributed by atoms with E-state index in [1.54, 1.807) is 19.1 Å². The molecule has 3 heterocycles. The van der Waals surface area contributed by atoms with Crippen LogP contribution in [0, 0.1) is 0 Å². The zero-order valence-corrected chi connectivity index (χ0v) is 15.2. The van der Waals surface area contributed by atoms with Gasteiger partial charge in [0.2, 0.25) is 5.95 Å². The quantitative estimate of drug-likeness (QED) is 0.697. The van der Waals surface area contributed by atoms with Crippen molar-refractivity contribution in [2.24, 2.45) is 12.1 Å². The van der Waals surface area contributed by atoms with E-state index in [0.717, 1.165) is 11.3 Å². The van der Waals surface area contributed by atoms with E-state index in [9.17, 15) is 9.59 Å². The van der Waals surface area contributed by atoms with Gasteiger partial charge in [-0.3, -0.25) is 18.5 Å². The third-order valence-corrected chi connectivity index (χ3v) is 4.93. The number of hydrazone groups is 1. The first-order valence-electron chi connectivity index (χ1n) is 8.44. The minimum absolute atomic E-state index is 0.110. The van der Waals surface area contributed by atoms with Crippen LogP contribution in [-0.4, -0.2) is 31.4 Å². The van der Waals surface area contributed by atoms with Crippen molar-refractivity contribution in [3.05, 3.63) is 56.7 Å². The van der Waals surface area contributed by atoms with Gasteiger partial charge in [-0.1, -0.05) is 30.3 Å². The summed E-state index contributed by atoms with van der Waals surface area (Å²) in [6, 6.07) is 9.37. The van der Waals surface area contributed by atoms with E-state index in [0.29, 0.717) is 17.1 Å². The van der Waals surface area contributed by atoms with Crippen molar-refractivity contribution in [2.45, 2.75) is 26.4 Å². The lowest BCUT2D eigenvalue weighted by molar-refractivity contribution is 0.638. The predicted octanol–water partition coefficient (Wildman–Crippen LogP) is 1.33. The Balaban J connectivity index is 2.03. The molecule has 134 valence electrons. The summed E-state index contributed by atoms with van der Waals surface area (Å²) < 4.78 is 4.56. The van der Waals surface area contributed by atoms with E-state index in [-0.39, 0.29) is 23.8 Å². The van der Waals surface area contributed by atoms with Gasteiger partial charge in [-0.2, -0.15) is 10.1 Å². The number of hydrogen-bond acceptors (Lipinski definition) is 5. The zero-order chi connectivity index (χ0) is 18.6. The number of benzene rings is 1. The Hall–Kier alpha value is -3.16. The van der Waals surface area contributed by atoms with Crippen LogP contribution in [0.15, 0.2) is 45.0 Å². The Bertz CT molecular complexity index is 1150. The van der Waals surface area contributed by atoms with Gasteiger partial charge in [-0.15, -0.1) is 0 Å². The molecular formula is C18H20N6O2. The van der Waals surface area contributed by atoms with Crippen molar-refractivity contribution in [1.82, 2.24) is 18.7 Å². The molecule has 1 aromatic carbocycles. The van der Waals surface area contributed by atoms with E-state index in [1.165, 1.54) is 9.13 Å². The van der Waals surface area contributed by atoms with E-state index >= 15 is 0 Å². The fraction of sp³-hybridized carbons (Fsp3) is 0.333. The molecule has 8 heteroatoms. The van der Waals surface area contributed by atoms with Crippen molar-refractivity contribution in [3.63, 3.8) is 0 Å². The summed E-state index contributed by atoms with van der Waals surface area (Å²) in [6.07, 6.45) is 0. The number of anilines is 1. The van der Waals surface area contributed by atoms with Crippen LogP contribution in [0.1, 0.15) is 25.5 Å². The molecule has 0 saturated heterocycles. The van der Waals surface area contributed by atoms with Crippen molar-refractivity contribution in [2.75, 3.05) is 12.1 Å². The Morgan fingerprint density at radius 1 is 1.12 bits per heavy atom. The lowest BCUT2D eigenvalue weighted by Gasteiger charge is -2.26. The average Bonchev–Trinajstić information content (AvgIpc) is 3.04. The molecule has 8 nitrogen and oxygen atoms in total. The molecule has 3 aromatic rings. The highest BCUT2D eigenvalue weighted by molar-refractivity contribution is 5.90. The minimum Gasteiger partial charge on any atom is -0.294 e. The maximum absolute atomic E-state index is 13.2. The van der Waals surface area contributed by atoms with Crippen LogP contribution in [0.3, 0.4) is 0 Å². The van der Waals surface area contributed by atoms with Gasteiger partial charge in [-0.25, -0.2) is 9.80 Å². The fourth-order valence-electron chi connectivity index (χ4n) is 3.38. The molecule has 2 aromatic heterocycles. The summed E-state index contributed by atoms with van der Waals surface area (Å²) in [6.45, 7) is 4.11. The maximum atomic E-state index is 13.2. The molecule has 0 spiro atoms. The molecule has 0 saturated carbocycles. The molecule has 0 radical (unpaired) electrons. The summed E-state index contributed by atoms with van der Waals surface area (Å²) in [4.78, 5) is 30.5. The Morgan fingerprint density at radius 2 is 1.81 bits per heavy atom. The fourth-order valence-corrected chi connectivity index (χ4v) is 3.38. The van der Waals surface area contributed by atoms with Crippen LogP contribution in [0.4, 0.5) is 5.95 Å². The van der Waals surface area contributed by atoms with Crippen LogP contribution in [-0.2, 0) is 13.6 Å². The summed E-state index contributed by atoms with van der Waals surface area (Å²) in [7, 11) is 3.43. The van der Waals surface area contributed by atoms with E-state index < -0.39 is 0 Å². The van der Waals surface area contributed by atoms with Crippen molar-refractivity contribution < 1.29 is 0 Å². The number of hydrogen-bond donors (Lipinski definition) is 0. The summed E-state index contributed by atoms with van der Waals surface area (Å²) in [5, 5.41) is 6.08. The molecular weight excluding hydrogens is 332 g/mol. The van der Waals surface area contributed by atoms with Gasteiger partial charge in [0, 0.05) is 14.1 Å². The Labute approximate surface area is 149 Å². The SMILES string of the molecule is CC1=NN(C)c2nc3c(c(=O)n(Cc4ccccc4)c(=O)n3C)n2[C@@H]1C. The first-order chi connectivity index (χ1) is 12.4. The number of fused-ring (bicyclic) bond motifs is 3. The summed E-state index contributed by atoms with van der Waals surface area (Å²) >= 11 is 0. The molecule has 4 rings (SSSR count). The van der Waals surface area contributed by atoms with Gasteiger partial charge in [0.25, 0.3) is 5.56 Å². The third-order valence-electron chi connectivity index (χ3n) is 4.93. The van der Waals surface area contributed by atoms with Crippen LogP contribution in [0.2, 0.25) is 0 Å². The van der Waals surface area contributed by atoms with E-state index in [2.05, 4.69) is 10.1 Å². The summed E-state index contributed by atoms with van der Waals surface area (Å²) in [5.41, 5.74) is 1.86. The summed E-state index contributed by atoms with van der Waals surface area (Å²) in [5.74, 6) is 0.558. The number of nitrogens with zero attached hydrogens (tertiary/aromatic N) is 6. The van der Waals surface area contributed by atoms with Gasteiger partial charge in [-0.05, 0) is 19.4 Å². The number of aryl methyl sites for hydroxylation is 1. The van der Waals surface area contributed by atoms with Gasteiger partial charge >= 0.3 is 5.69 Å². The second kappa shape index (κ2) is 5.69. The lowest BCUT2D eigenvalue weighted by Crippen LogP contribution is -2.40. The second-order valence-electron chi connectivity index (χ2n) is 6.61. The Morgan fingerprint density at radius 3 is 2.50 bits per heavy atom. The second-order valence-corrected chi connectivity index (χ2v) is 6.61. The average molecular weight is 352 g/mol. The molecule has 0 aliphatic carbocycles. The largest absolute Gasteiger partial charge is 0.332 e. The molecule has 0 bridgehead atoms. The molecule has 0 N–H and O–H groups in total. The normalized spacial score (nSPS) is 16.7. The minimum atomic E-state index is -0.380. The molecule has 1 aliphatic heterocycles. The van der Waals surface area contributed by atoms with E-state index in [1.807, 2.05) is 48.7 Å². The standard InChI is InChI=1S/C18H20N6O2/c1-11-12(2)24-14-15(19-17(24)22(4)20-11)21(3)18(26)23(16(14)25)10-13-8-6-5-7-9-13/h5-9,12H,10H2,1-4H3/t12-/m1/s1. The van der Waals surface area contributed by atoms with E-state index in [4.69, 9.17) is 0 Å². The molecule has 0 amide bonds. The Kier molecular flexibility index (Phi) is 3.57. The van der Waals surface area contributed by atoms with Crippen LogP contribution < -0.4 is 16.3 Å². The lowest BCUT2D eigenvalue weighted by atomic mass is 10.2. The predicted molar refractivity (Wildman–Crippen MR) is 101 cm³/mol. The molecule has 1 atom stereocenters. The molecule has 0 unspecified atom stereocenters. The highest BCUT2D eigenvalue weighted by Gasteiger charge is 2.29. The number of imidazole rings is 1. The monoisotopic (exact) mass is 352 g/mol. The molecule has 1 aliphatic rings. The number of rotatable bonds is 2. The maximum Gasteiger partial charge on any atom is 0.332 e. The third kappa shape index (κ3) is 2.22. The van der Waals surface area contributed by atoms with Crippen LogP contribution >= 0.6 is 0 Å². The highest BCUT2D eigenvalue weighted by atomic mass is 16.2. The van der Waals surface area contributed by atoms with Crippen molar-refractivity contribution >= 4 is 22.8 Å². The van der Waals surface area contributed by atoms with Gasteiger partial charge in [0.1, 0.15) is 0 Å². The van der Waals surface area contributed by atoms with Crippen molar-refractivity contribution in [1.29, 1.82) is 0 Å². The van der Waals surface area contributed by atoms with Gasteiger partial charge in [0.15, 0.2) is 11.2 Å².